The molecule has 0 aliphatic heterocycles. The van der Waals surface area contributed by atoms with E-state index < -0.39 is 41.3 Å². The van der Waals surface area contributed by atoms with Gasteiger partial charge in [0, 0.05) is 11.6 Å². The minimum Gasteiger partial charge on any atom is -0.322 e. The van der Waals surface area contributed by atoms with Crippen LogP contribution in [0.2, 0.25) is 0 Å². The monoisotopic (exact) mass is 450 g/mol. The van der Waals surface area contributed by atoms with Gasteiger partial charge in [0.05, 0.1) is 18.8 Å². The smallest absolute Gasteiger partial charge is 0.322 e. The largest absolute Gasteiger partial charge is 0.341 e. The van der Waals surface area contributed by atoms with E-state index in [2.05, 4.69) is 0 Å². The molecule has 1 aromatic heterocycles. The minimum absolute atomic E-state index is 0.0642. The average Bonchev–Trinajstić information content (AvgIpc) is 2.82. The Balaban J connectivity index is 1.94. The van der Waals surface area contributed by atoms with Gasteiger partial charge in [-0.15, -0.1) is 0 Å². The van der Waals surface area contributed by atoms with Crippen molar-refractivity contribution in [3.05, 3.63) is 133 Å². The maximum atomic E-state index is 14.5. The van der Waals surface area contributed by atoms with Crippen LogP contribution < -0.4 is 22.8 Å². The third-order valence-corrected chi connectivity index (χ3v) is 5.29. The van der Waals surface area contributed by atoms with Gasteiger partial charge < -0.3 is 5.73 Å². The molecule has 0 saturated carbocycles. The Morgan fingerprint density at radius 3 is 1.94 bits per heavy atom. The third-order valence-electron chi connectivity index (χ3n) is 5.29. The summed E-state index contributed by atoms with van der Waals surface area (Å²) >= 11 is 0. The zero-order chi connectivity index (χ0) is 23.5. The molecule has 0 saturated heterocycles. The van der Waals surface area contributed by atoms with E-state index in [9.17, 15) is 23.2 Å². The molecule has 0 fully saturated rings. The van der Waals surface area contributed by atoms with Crippen molar-refractivity contribution in [2.24, 2.45) is 5.73 Å². The Morgan fingerprint density at radius 2 is 1.27 bits per heavy atom. The summed E-state index contributed by atoms with van der Waals surface area (Å²) < 4.78 is 30.8. The molecule has 2 N–H and O–H groups in total. The van der Waals surface area contributed by atoms with Crippen LogP contribution in [0.25, 0.3) is 5.69 Å². The van der Waals surface area contributed by atoms with Gasteiger partial charge in [-0.2, -0.15) is 0 Å². The molecule has 0 radical (unpaired) electrons. The fraction of sp³-hybridized carbons (Fsp3) is 0.125. The molecular weight excluding hydrogens is 430 g/mol. The minimum atomic E-state index is -1.08. The number of hydrogen-bond donors (Lipinski definition) is 1. The highest BCUT2D eigenvalue weighted by molar-refractivity contribution is 5.32. The van der Waals surface area contributed by atoms with Gasteiger partial charge in [-0.25, -0.2) is 36.9 Å². The van der Waals surface area contributed by atoms with Gasteiger partial charge >= 0.3 is 17.1 Å². The van der Waals surface area contributed by atoms with Crippen molar-refractivity contribution in [3.8, 4) is 5.69 Å². The van der Waals surface area contributed by atoms with Gasteiger partial charge in [-0.1, -0.05) is 60.7 Å². The number of nitrogens with two attached hydrogens (primary N) is 1. The van der Waals surface area contributed by atoms with Gasteiger partial charge in [-0.05, 0) is 23.8 Å². The lowest BCUT2D eigenvalue weighted by atomic mass is 10.1. The Kier molecular flexibility index (Phi) is 6.14. The predicted octanol–water partition coefficient (Wildman–Crippen LogP) is 2.19. The van der Waals surface area contributed by atoms with E-state index in [0.29, 0.717) is 14.7 Å². The van der Waals surface area contributed by atoms with E-state index in [0.717, 1.165) is 10.6 Å². The quantitative estimate of drug-likeness (QED) is 0.488. The zero-order valence-electron chi connectivity index (χ0n) is 17.4. The van der Waals surface area contributed by atoms with Crippen molar-refractivity contribution in [3.63, 3.8) is 0 Å². The third kappa shape index (κ3) is 4.31. The second-order valence-electron chi connectivity index (χ2n) is 7.44. The van der Waals surface area contributed by atoms with Crippen LogP contribution >= 0.6 is 0 Å². The summed E-state index contributed by atoms with van der Waals surface area (Å²) in [6.45, 7) is -0.715. The topological polar surface area (TPSA) is 92.0 Å². The summed E-state index contributed by atoms with van der Waals surface area (Å²) in [7, 11) is 0. The molecule has 33 heavy (non-hydrogen) atoms. The Bertz CT molecular complexity index is 1480. The molecule has 1 heterocycles. The highest BCUT2D eigenvalue weighted by Gasteiger charge is 2.21. The summed E-state index contributed by atoms with van der Waals surface area (Å²) in [6.07, 6.45) is 0. The molecule has 9 heteroatoms. The lowest BCUT2D eigenvalue weighted by Gasteiger charge is -2.17. The van der Waals surface area contributed by atoms with Crippen LogP contribution in [0, 0.1) is 11.6 Å². The van der Waals surface area contributed by atoms with E-state index in [1.54, 1.807) is 36.4 Å². The maximum absolute atomic E-state index is 14.5. The highest BCUT2D eigenvalue weighted by atomic mass is 19.1. The van der Waals surface area contributed by atoms with Gasteiger partial charge in [0.15, 0.2) is 0 Å². The van der Waals surface area contributed by atoms with Gasteiger partial charge in [0.1, 0.15) is 11.6 Å². The first-order valence-electron chi connectivity index (χ1n) is 10.1. The van der Waals surface area contributed by atoms with E-state index in [-0.39, 0.29) is 17.8 Å². The lowest BCUT2D eigenvalue weighted by Crippen LogP contribution is -2.55. The Morgan fingerprint density at radius 1 is 0.697 bits per heavy atom. The highest BCUT2D eigenvalue weighted by Crippen LogP contribution is 2.12. The van der Waals surface area contributed by atoms with Crippen LogP contribution in [-0.2, 0) is 13.1 Å². The number of nitrogens with zero attached hydrogens (tertiary/aromatic N) is 3. The zero-order valence-corrected chi connectivity index (χ0v) is 17.4. The maximum Gasteiger partial charge on any atom is 0.341 e. The molecule has 0 aliphatic carbocycles. The van der Waals surface area contributed by atoms with Crippen molar-refractivity contribution in [2.75, 3.05) is 0 Å². The fourth-order valence-electron chi connectivity index (χ4n) is 3.56. The molecule has 4 aromatic rings. The second kappa shape index (κ2) is 9.17. The number of benzene rings is 3. The number of aromatic nitrogens is 3. The first kappa shape index (κ1) is 22.1. The summed E-state index contributed by atoms with van der Waals surface area (Å²) in [4.78, 5) is 39.6. The summed E-state index contributed by atoms with van der Waals surface area (Å²) in [5.74, 6) is -1.45. The van der Waals surface area contributed by atoms with Crippen LogP contribution in [0.4, 0.5) is 8.78 Å². The molecule has 0 bridgehead atoms. The molecule has 1 atom stereocenters. The van der Waals surface area contributed by atoms with Crippen LogP contribution in [-0.4, -0.2) is 13.7 Å². The van der Waals surface area contributed by atoms with Crippen LogP contribution in [0.3, 0.4) is 0 Å². The molecular formula is C24H20F2N4O3. The molecule has 4 rings (SSSR count). The summed E-state index contributed by atoms with van der Waals surface area (Å²) in [6, 6.07) is 18.9. The second-order valence-corrected chi connectivity index (χ2v) is 7.44. The average molecular weight is 450 g/mol. The Labute approximate surface area is 186 Å². The van der Waals surface area contributed by atoms with E-state index in [1.807, 2.05) is 0 Å². The molecule has 7 nitrogen and oxygen atoms in total. The molecule has 3 aromatic carbocycles. The molecule has 0 spiro atoms. The standard InChI is InChI=1S/C24H20F2N4O3/c25-18-11-5-4-10-17(18)14-28-22(31)29(15-20(27)16-8-2-1-3-9-16)24(33)30(23(28)32)21-13-7-6-12-19(21)26/h1-13,20H,14-15,27H2. The van der Waals surface area contributed by atoms with Crippen LogP contribution in [0.1, 0.15) is 17.2 Å². The first-order chi connectivity index (χ1) is 15.9. The lowest BCUT2D eigenvalue weighted by molar-refractivity contribution is 0.461. The number of para-hydroxylation sites is 1. The molecule has 1 unspecified atom stereocenters. The summed E-state index contributed by atoms with van der Waals surface area (Å²) in [5, 5.41) is 0. The van der Waals surface area contributed by atoms with E-state index >= 15 is 0 Å². The number of halogens is 2. The SMILES string of the molecule is NC(Cn1c(=O)n(Cc2ccccc2F)c(=O)n(-c2ccccc2F)c1=O)c1ccccc1. The predicted molar refractivity (Wildman–Crippen MR) is 119 cm³/mol. The number of hydrogen-bond acceptors (Lipinski definition) is 4. The van der Waals surface area contributed by atoms with Gasteiger partial charge in [0.25, 0.3) is 0 Å². The fourth-order valence-corrected chi connectivity index (χ4v) is 3.56. The van der Waals surface area contributed by atoms with Gasteiger partial charge in [-0.3, -0.25) is 0 Å². The molecule has 0 aliphatic rings. The first-order valence-corrected chi connectivity index (χ1v) is 10.1. The van der Waals surface area contributed by atoms with Gasteiger partial charge in [0.2, 0.25) is 0 Å². The molecule has 0 amide bonds. The van der Waals surface area contributed by atoms with Crippen molar-refractivity contribution in [2.45, 2.75) is 19.1 Å². The number of rotatable bonds is 6. The normalized spacial score (nSPS) is 12.0. The van der Waals surface area contributed by atoms with E-state index in [1.165, 1.54) is 36.4 Å². The van der Waals surface area contributed by atoms with Crippen molar-refractivity contribution in [1.29, 1.82) is 0 Å². The van der Waals surface area contributed by atoms with Crippen LogP contribution in [0.5, 0.6) is 0 Å². The Hall–Kier alpha value is -4.11. The van der Waals surface area contributed by atoms with Crippen molar-refractivity contribution < 1.29 is 8.78 Å². The van der Waals surface area contributed by atoms with Crippen LogP contribution in [0.15, 0.2) is 93.2 Å². The van der Waals surface area contributed by atoms with Crippen molar-refractivity contribution >= 4 is 0 Å². The van der Waals surface area contributed by atoms with E-state index in [4.69, 9.17) is 5.73 Å². The van der Waals surface area contributed by atoms with Crippen molar-refractivity contribution in [1.82, 2.24) is 13.7 Å². The summed E-state index contributed by atoms with van der Waals surface area (Å²) in [5.41, 5.74) is 3.54. The molecule has 168 valence electrons.